The quantitative estimate of drug-likeness (QED) is 0.597. The van der Waals surface area contributed by atoms with Gasteiger partial charge in [-0.25, -0.2) is 0 Å². The second-order valence-corrected chi connectivity index (χ2v) is 8.66. The molecule has 2 amide bonds. The van der Waals surface area contributed by atoms with E-state index in [-0.39, 0.29) is 29.7 Å². The Morgan fingerprint density at radius 3 is 2.31 bits per heavy atom. The van der Waals surface area contributed by atoms with E-state index in [0.717, 1.165) is 28.7 Å². The molecular formula is C27H29N3O2. The lowest BCUT2D eigenvalue weighted by molar-refractivity contribution is -0.139. The molecule has 0 bridgehead atoms. The summed E-state index contributed by atoms with van der Waals surface area (Å²) in [5.41, 5.74) is 9.59. The molecule has 0 spiro atoms. The number of hydrogen-bond donors (Lipinski definition) is 1. The van der Waals surface area contributed by atoms with Gasteiger partial charge in [-0.15, -0.1) is 0 Å². The number of rotatable bonds is 7. The molecule has 4 rings (SSSR count). The number of nitrogens with zero attached hydrogens (tertiary/aromatic N) is 2. The zero-order valence-corrected chi connectivity index (χ0v) is 18.4. The van der Waals surface area contributed by atoms with Crippen LogP contribution in [0.2, 0.25) is 0 Å². The van der Waals surface area contributed by atoms with Crippen LogP contribution < -0.4 is 5.73 Å². The Morgan fingerprint density at radius 1 is 1.03 bits per heavy atom. The van der Waals surface area contributed by atoms with Crippen LogP contribution in [0.15, 0.2) is 79.1 Å². The molecule has 1 saturated heterocycles. The molecule has 5 heteroatoms. The Balaban J connectivity index is 1.51. The fourth-order valence-corrected chi connectivity index (χ4v) is 4.78. The number of likely N-dealkylation sites (tertiary alicyclic amines) is 1. The van der Waals surface area contributed by atoms with Gasteiger partial charge in [0, 0.05) is 37.2 Å². The Bertz CT molecular complexity index is 1070. The van der Waals surface area contributed by atoms with E-state index in [1.54, 1.807) is 12.4 Å². The van der Waals surface area contributed by atoms with Crippen molar-refractivity contribution < 1.29 is 9.59 Å². The van der Waals surface area contributed by atoms with Crippen LogP contribution in [0.4, 0.5) is 0 Å². The van der Waals surface area contributed by atoms with Crippen LogP contribution in [-0.2, 0) is 15.0 Å². The third-order valence-corrected chi connectivity index (χ3v) is 6.75. The number of carbonyl (C=O) groups excluding carboxylic acids is 2. The number of carbonyl (C=O) groups is 2. The first-order chi connectivity index (χ1) is 15.5. The molecule has 2 atom stereocenters. The maximum Gasteiger partial charge on any atom is 0.223 e. The van der Waals surface area contributed by atoms with Gasteiger partial charge in [0.2, 0.25) is 11.8 Å². The molecule has 3 aromatic rings. The van der Waals surface area contributed by atoms with Crippen molar-refractivity contribution in [2.24, 2.45) is 5.73 Å². The minimum absolute atomic E-state index is 0.0149. The third kappa shape index (κ3) is 4.57. The van der Waals surface area contributed by atoms with Gasteiger partial charge >= 0.3 is 0 Å². The Morgan fingerprint density at radius 2 is 1.69 bits per heavy atom. The van der Waals surface area contributed by atoms with Gasteiger partial charge in [0.25, 0.3) is 0 Å². The number of nitrogens with two attached hydrogens (primary N) is 1. The van der Waals surface area contributed by atoms with Gasteiger partial charge in [-0.05, 0) is 54.2 Å². The van der Waals surface area contributed by atoms with E-state index in [4.69, 9.17) is 5.73 Å². The molecule has 1 aliphatic heterocycles. The van der Waals surface area contributed by atoms with Crippen LogP contribution in [0.1, 0.15) is 49.8 Å². The van der Waals surface area contributed by atoms with Crippen molar-refractivity contribution >= 4 is 11.8 Å². The van der Waals surface area contributed by atoms with E-state index < -0.39 is 0 Å². The number of piperidine rings is 1. The maximum atomic E-state index is 13.3. The lowest BCUT2D eigenvalue weighted by Crippen LogP contribution is -2.47. The summed E-state index contributed by atoms with van der Waals surface area (Å²) in [5, 5.41) is 0. The minimum Gasteiger partial charge on any atom is -0.370 e. The lowest BCUT2D eigenvalue weighted by atomic mass is 9.69. The summed E-state index contributed by atoms with van der Waals surface area (Å²) in [4.78, 5) is 30.9. The molecule has 1 fully saturated rings. The molecule has 0 radical (unpaired) electrons. The van der Waals surface area contributed by atoms with E-state index in [9.17, 15) is 9.59 Å². The van der Waals surface area contributed by atoms with Crippen molar-refractivity contribution in [1.29, 1.82) is 0 Å². The summed E-state index contributed by atoms with van der Waals surface area (Å²) in [6.45, 7) is 2.73. The van der Waals surface area contributed by atoms with E-state index in [2.05, 4.69) is 48.3 Å². The first-order valence-electron chi connectivity index (χ1n) is 11.1. The highest BCUT2D eigenvalue weighted by Crippen LogP contribution is 2.42. The maximum absolute atomic E-state index is 13.3. The average molecular weight is 428 g/mol. The standard InChI is InChI=1S/C27H29N3O2/c1-20(21-7-9-22(10-8-21)23-12-16-29-17-13-23)30-18-15-27(19-26(30)32,14-11-25(28)31)24-5-3-2-4-6-24/h2-10,12-13,16-17,20H,11,14-15,18-19H2,1H3,(H2,28,31)/t20-,27+/m0/s1. The predicted molar refractivity (Wildman–Crippen MR) is 126 cm³/mol. The second kappa shape index (κ2) is 9.35. The van der Waals surface area contributed by atoms with Gasteiger partial charge in [-0.1, -0.05) is 54.6 Å². The van der Waals surface area contributed by atoms with E-state index in [1.807, 2.05) is 35.2 Å². The fourth-order valence-electron chi connectivity index (χ4n) is 4.78. The lowest BCUT2D eigenvalue weighted by Gasteiger charge is -2.44. The fraction of sp³-hybridized carbons (Fsp3) is 0.296. The number of benzene rings is 2. The monoisotopic (exact) mass is 427 g/mol. The van der Waals surface area contributed by atoms with Crippen molar-refractivity contribution in [2.45, 2.75) is 44.1 Å². The highest BCUT2D eigenvalue weighted by Gasteiger charge is 2.41. The minimum atomic E-state index is -0.338. The van der Waals surface area contributed by atoms with Crippen LogP contribution in [0, 0.1) is 0 Å². The van der Waals surface area contributed by atoms with E-state index in [0.29, 0.717) is 19.4 Å². The summed E-state index contributed by atoms with van der Waals surface area (Å²) in [6.07, 6.45) is 5.67. The molecule has 164 valence electrons. The number of pyridine rings is 1. The largest absolute Gasteiger partial charge is 0.370 e. The molecule has 5 nitrogen and oxygen atoms in total. The van der Waals surface area contributed by atoms with Gasteiger partial charge in [0.05, 0.1) is 6.04 Å². The molecular weight excluding hydrogens is 398 g/mol. The highest BCUT2D eigenvalue weighted by atomic mass is 16.2. The van der Waals surface area contributed by atoms with Crippen molar-refractivity contribution in [2.75, 3.05) is 6.54 Å². The number of primary amides is 1. The normalized spacial score (nSPS) is 19.5. The molecule has 1 aliphatic rings. The Hall–Kier alpha value is -3.47. The molecule has 0 saturated carbocycles. The SMILES string of the molecule is C[C@@H](c1ccc(-c2ccncc2)cc1)N1CC[C@@](CCC(N)=O)(c2ccccc2)CC1=O. The summed E-state index contributed by atoms with van der Waals surface area (Å²) in [7, 11) is 0. The van der Waals surface area contributed by atoms with Crippen molar-refractivity contribution in [3.05, 3.63) is 90.3 Å². The second-order valence-electron chi connectivity index (χ2n) is 8.66. The highest BCUT2D eigenvalue weighted by molar-refractivity contribution is 5.80. The molecule has 2 N–H and O–H groups in total. The van der Waals surface area contributed by atoms with Crippen molar-refractivity contribution in [3.63, 3.8) is 0 Å². The number of aromatic nitrogens is 1. The summed E-state index contributed by atoms with van der Waals surface area (Å²) in [6, 6.07) is 22.4. The molecule has 32 heavy (non-hydrogen) atoms. The van der Waals surface area contributed by atoms with Crippen LogP contribution in [0.25, 0.3) is 11.1 Å². The van der Waals surface area contributed by atoms with Gasteiger partial charge in [0.1, 0.15) is 0 Å². The zero-order valence-electron chi connectivity index (χ0n) is 18.4. The number of amides is 2. The average Bonchev–Trinajstić information content (AvgIpc) is 2.83. The van der Waals surface area contributed by atoms with Crippen LogP contribution >= 0.6 is 0 Å². The molecule has 0 unspecified atom stereocenters. The topological polar surface area (TPSA) is 76.3 Å². The van der Waals surface area contributed by atoms with Crippen molar-refractivity contribution in [3.8, 4) is 11.1 Å². The predicted octanol–water partition coefficient (Wildman–Crippen LogP) is 4.64. The third-order valence-electron chi connectivity index (χ3n) is 6.75. The molecule has 1 aromatic heterocycles. The first kappa shape index (κ1) is 21.8. The van der Waals surface area contributed by atoms with Crippen molar-refractivity contribution in [1.82, 2.24) is 9.88 Å². The van der Waals surface area contributed by atoms with Crippen LogP contribution in [-0.4, -0.2) is 28.2 Å². The van der Waals surface area contributed by atoms with Gasteiger partial charge < -0.3 is 10.6 Å². The van der Waals surface area contributed by atoms with Gasteiger partial charge in [0.15, 0.2) is 0 Å². The molecule has 0 aliphatic carbocycles. The van der Waals surface area contributed by atoms with E-state index >= 15 is 0 Å². The van der Waals surface area contributed by atoms with Crippen LogP contribution in [0.3, 0.4) is 0 Å². The Labute approximate surface area is 189 Å². The first-order valence-corrected chi connectivity index (χ1v) is 11.1. The summed E-state index contributed by atoms with van der Waals surface area (Å²) >= 11 is 0. The zero-order chi connectivity index (χ0) is 22.6. The molecule has 2 aromatic carbocycles. The summed E-state index contributed by atoms with van der Waals surface area (Å²) < 4.78 is 0. The van der Waals surface area contributed by atoms with E-state index in [1.165, 1.54) is 0 Å². The number of hydrogen-bond acceptors (Lipinski definition) is 3. The summed E-state index contributed by atoms with van der Waals surface area (Å²) in [5.74, 6) is -0.201. The molecule has 2 heterocycles. The van der Waals surface area contributed by atoms with Gasteiger partial charge in [-0.2, -0.15) is 0 Å². The van der Waals surface area contributed by atoms with Gasteiger partial charge in [-0.3, -0.25) is 14.6 Å². The smallest absolute Gasteiger partial charge is 0.223 e. The Kier molecular flexibility index (Phi) is 6.35. The van der Waals surface area contributed by atoms with Crippen LogP contribution in [0.5, 0.6) is 0 Å².